The Hall–Kier alpha value is -1.01. The van der Waals surface area contributed by atoms with Crippen molar-refractivity contribution in [1.82, 2.24) is 14.8 Å². The summed E-state index contributed by atoms with van der Waals surface area (Å²) >= 11 is 3.13. The average molecular weight is 316 g/mol. The lowest BCUT2D eigenvalue weighted by Gasteiger charge is -2.20. The number of nitrogens with zero attached hydrogens (tertiary/aromatic N) is 3. The molecule has 2 unspecified atom stereocenters. The molecule has 18 heavy (non-hydrogen) atoms. The van der Waals surface area contributed by atoms with Crippen molar-refractivity contribution in [3.8, 4) is 0 Å². The third-order valence-corrected chi connectivity index (χ3v) is 3.46. The summed E-state index contributed by atoms with van der Waals surface area (Å²) in [5.41, 5.74) is 0.288. The Morgan fingerprint density at radius 2 is 2.39 bits per heavy atom. The van der Waals surface area contributed by atoms with E-state index in [1.54, 1.807) is 13.1 Å². The van der Waals surface area contributed by atoms with Crippen LogP contribution < -0.4 is 0 Å². The summed E-state index contributed by atoms with van der Waals surface area (Å²) in [7, 11) is 1.67. The number of aliphatic hydroxyl groups excluding tert-OH is 1. The molecule has 1 N–H and O–H groups in total. The van der Waals surface area contributed by atoms with E-state index in [-0.39, 0.29) is 17.3 Å². The number of aryl methyl sites for hydroxylation is 1. The second-order valence-electron chi connectivity index (χ2n) is 4.34. The summed E-state index contributed by atoms with van der Waals surface area (Å²) in [6.45, 7) is 2.04. The van der Waals surface area contributed by atoms with Crippen LogP contribution in [0, 0.1) is 5.92 Å². The fourth-order valence-corrected chi connectivity index (χ4v) is 2.44. The predicted octanol–water partition coefficient (Wildman–Crippen LogP) is 2.82. The van der Waals surface area contributed by atoms with Gasteiger partial charge < -0.3 is 5.11 Å². The van der Waals surface area contributed by atoms with Gasteiger partial charge in [0.1, 0.15) is 11.9 Å². The van der Waals surface area contributed by atoms with E-state index in [9.17, 15) is 9.50 Å². The van der Waals surface area contributed by atoms with E-state index in [0.717, 1.165) is 6.42 Å². The molecule has 0 radical (unpaired) electrons. The van der Waals surface area contributed by atoms with Gasteiger partial charge >= 0.3 is 0 Å². The van der Waals surface area contributed by atoms with Crippen molar-refractivity contribution >= 4 is 15.9 Å². The first kappa shape index (κ1) is 13.4. The van der Waals surface area contributed by atoms with E-state index < -0.39 is 6.10 Å². The maximum Gasteiger partial charge on any atom is 0.217 e. The Balaban J connectivity index is 2.32. The minimum absolute atomic E-state index is 0.269. The van der Waals surface area contributed by atoms with Gasteiger partial charge in [-0.15, -0.1) is 5.10 Å². The maximum absolute atomic E-state index is 13.8. The highest BCUT2D eigenvalue weighted by Gasteiger charge is 2.25. The lowest BCUT2D eigenvalue weighted by Crippen LogP contribution is -2.13. The van der Waals surface area contributed by atoms with Crippen LogP contribution in [0.1, 0.15) is 31.7 Å². The molecule has 0 bridgehead atoms. The largest absolute Gasteiger partial charge is 0.380 e. The van der Waals surface area contributed by atoms with Gasteiger partial charge in [-0.05, 0) is 40.8 Å². The van der Waals surface area contributed by atoms with Gasteiger partial charge in [0.15, 0.2) is 5.82 Å². The zero-order chi connectivity index (χ0) is 13.3. The highest BCUT2D eigenvalue weighted by molar-refractivity contribution is 9.10. The van der Waals surface area contributed by atoms with Gasteiger partial charge in [-0.3, -0.25) is 0 Å². The minimum atomic E-state index is -1.08. The van der Waals surface area contributed by atoms with Gasteiger partial charge in [-0.25, -0.2) is 14.1 Å². The molecule has 0 amide bonds. The predicted molar refractivity (Wildman–Crippen MR) is 69.3 cm³/mol. The summed E-state index contributed by atoms with van der Waals surface area (Å²) in [6.07, 6.45) is 3.84. The zero-order valence-corrected chi connectivity index (χ0v) is 11.9. The summed E-state index contributed by atoms with van der Waals surface area (Å²) in [6, 6.07) is 0. The average Bonchev–Trinajstić information content (AvgIpc) is 2.68. The van der Waals surface area contributed by atoms with Crippen molar-refractivity contribution in [2.75, 3.05) is 0 Å². The molecule has 2 rings (SSSR count). The SMILES string of the molecule is CCC1C=C(C(O)c2nc(Br)nn2C)C(F)=CC1. The topological polar surface area (TPSA) is 50.9 Å². The monoisotopic (exact) mass is 315 g/mol. The molecule has 1 heterocycles. The van der Waals surface area contributed by atoms with Crippen molar-refractivity contribution in [2.24, 2.45) is 13.0 Å². The van der Waals surface area contributed by atoms with E-state index in [2.05, 4.69) is 26.0 Å². The minimum Gasteiger partial charge on any atom is -0.380 e. The number of hydrogen-bond acceptors (Lipinski definition) is 3. The first-order valence-corrected chi connectivity index (χ1v) is 6.64. The van der Waals surface area contributed by atoms with Gasteiger partial charge in [0, 0.05) is 12.6 Å². The molecule has 4 nitrogen and oxygen atoms in total. The molecule has 0 aromatic carbocycles. The van der Waals surface area contributed by atoms with Crippen molar-refractivity contribution in [2.45, 2.75) is 25.9 Å². The van der Waals surface area contributed by atoms with Crippen molar-refractivity contribution < 1.29 is 9.50 Å². The smallest absolute Gasteiger partial charge is 0.217 e. The zero-order valence-electron chi connectivity index (χ0n) is 10.3. The Bertz CT molecular complexity index is 509. The molecule has 1 aliphatic carbocycles. The van der Waals surface area contributed by atoms with E-state index in [1.807, 2.05) is 6.92 Å². The second-order valence-corrected chi connectivity index (χ2v) is 5.05. The Kier molecular flexibility index (Phi) is 3.97. The van der Waals surface area contributed by atoms with Gasteiger partial charge in [0.2, 0.25) is 4.73 Å². The standard InChI is InChI=1S/C12H15BrFN3O/c1-3-7-4-5-9(14)8(6-7)10(18)11-15-12(13)16-17(11)2/h5-7,10,18H,3-4H2,1-2H3. The van der Waals surface area contributed by atoms with Gasteiger partial charge in [-0.1, -0.05) is 13.0 Å². The van der Waals surface area contributed by atoms with Crippen LogP contribution in [0.25, 0.3) is 0 Å². The molecule has 2 atom stereocenters. The molecule has 1 aromatic heterocycles. The lowest BCUT2D eigenvalue weighted by atomic mass is 9.91. The second kappa shape index (κ2) is 5.32. The molecule has 0 saturated carbocycles. The van der Waals surface area contributed by atoms with Crippen LogP contribution in [0.3, 0.4) is 0 Å². The normalized spacial score (nSPS) is 21.5. The number of allylic oxidation sites excluding steroid dienone is 2. The highest BCUT2D eigenvalue weighted by Crippen LogP contribution is 2.33. The lowest BCUT2D eigenvalue weighted by molar-refractivity contribution is 0.196. The van der Waals surface area contributed by atoms with Crippen LogP contribution in [0.5, 0.6) is 0 Å². The molecule has 0 saturated heterocycles. The Morgan fingerprint density at radius 1 is 1.67 bits per heavy atom. The molecule has 0 fully saturated rings. The van der Waals surface area contributed by atoms with Gasteiger partial charge in [0.25, 0.3) is 0 Å². The fraction of sp³-hybridized carbons (Fsp3) is 0.500. The number of aliphatic hydroxyl groups is 1. The summed E-state index contributed by atoms with van der Waals surface area (Å²) < 4.78 is 15.6. The fourth-order valence-electron chi connectivity index (χ4n) is 2.02. The van der Waals surface area contributed by atoms with Crippen LogP contribution in [0.15, 0.2) is 28.3 Å². The number of hydrogen-bond donors (Lipinski definition) is 1. The summed E-state index contributed by atoms with van der Waals surface area (Å²) in [5.74, 6) is 0.227. The molecule has 98 valence electrons. The van der Waals surface area contributed by atoms with Crippen molar-refractivity contribution in [1.29, 1.82) is 0 Å². The molecule has 1 aromatic rings. The molecule has 6 heteroatoms. The molecule has 1 aliphatic rings. The number of aromatic nitrogens is 3. The molecular weight excluding hydrogens is 301 g/mol. The van der Waals surface area contributed by atoms with Crippen LogP contribution in [0.2, 0.25) is 0 Å². The maximum atomic E-state index is 13.8. The van der Waals surface area contributed by atoms with E-state index in [0.29, 0.717) is 17.0 Å². The Labute approximate surface area is 113 Å². The quantitative estimate of drug-likeness (QED) is 0.933. The molecule has 0 spiro atoms. The first-order valence-electron chi connectivity index (χ1n) is 5.85. The molecule has 0 aliphatic heterocycles. The highest BCUT2D eigenvalue weighted by atomic mass is 79.9. The van der Waals surface area contributed by atoms with E-state index in [4.69, 9.17) is 0 Å². The molecular formula is C12H15BrFN3O. The van der Waals surface area contributed by atoms with Gasteiger partial charge in [0.05, 0.1) is 0 Å². The third kappa shape index (κ3) is 2.54. The van der Waals surface area contributed by atoms with Crippen LogP contribution in [0.4, 0.5) is 4.39 Å². The van der Waals surface area contributed by atoms with Crippen LogP contribution in [-0.2, 0) is 7.05 Å². The first-order chi connectivity index (χ1) is 8.52. The number of rotatable bonds is 3. The van der Waals surface area contributed by atoms with Crippen molar-refractivity contribution in [3.05, 3.63) is 34.1 Å². The van der Waals surface area contributed by atoms with Crippen LogP contribution in [-0.4, -0.2) is 19.9 Å². The Morgan fingerprint density at radius 3 is 2.94 bits per heavy atom. The summed E-state index contributed by atoms with van der Waals surface area (Å²) in [4.78, 5) is 4.05. The van der Waals surface area contributed by atoms with Crippen molar-refractivity contribution in [3.63, 3.8) is 0 Å². The third-order valence-electron chi connectivity index (χ3n) is 3.13. The van der Waals surface area contributed by atoms with E-state index >= 15 is 0 Å². The number of halogens is 2. The van der Waals surface area contributed by atoms with Crippen LogP contribution >= 0.6 is 15.9 Å². The summed E-state index contributed by atoms with van der Waals surface area (Å²) in [5, 5.41) is 14.2. The van der Waals surface area contributed by atoms with E-state index in [1.165, 1.54) is 10.8 Å². The van der Waals surface area contributed by atoms with Gasteiger partial charge in [-0.2, -0.15) is 0 Å².